The van der Waals surface area contributed by atoms with E-state index in [0.29, 0.717) is 23.3 Å². The third kappa shape index (κ3) is 4.12. The maximum atomic E-state index is 11.6. The van der Waals surface area contributed by atoms with E-state index in [1.165, 1.54) is 16.7 Å². The lowest BCUT2D eigenvalue weighted by molar-refractivity contribution is 0.1000. The Morgan fingerprint density at radius 2 is 1.77 bits per heavy atom. The van der Waals surface area contributed by atoms with Crippen molar-refractivity contribution in [1.82, 2.24) is 0 Å². The predicted octanol–water partition coefficient (Wildman–Crippen LogP) is 6.44. The van der Waals surface area contributed by atoms with Gasteiger partial charge in [0.05, 0.1) is 0 Å². The zero-order chi connectivity index (χ0) is 19.4. The van der Waals surface area contributed by atoms with Crippen molar-refractivity contribution in [2.75, 3.05) is 0 Å². The monoisotopic (exact) mass is 371 g/mol. The Balaban J connectivity index is 0.00000117. The van der Waals surface area contributed by atoms with Gasteiger partial charge in [-0.2, -0.15) is 0 Å². The van der Waals surface area contributed by atoms with Gasteiger partial charge in [-0.1, -0.05) is 57.5 Å². The van der Waals surface area contributed by atoms with Gasteiger partial charge in [-0.05, 0) is 72.1 Å². The van der Waals surface area contributed by atoms with Gasteiger partial charge in [0.25, 0.3) is 0 Å². The Hall–Kier alpha value is -1.80. The van der Waals surface area contributed by atoms with E-state index >= 15 is 0 Å². The summed E-state index contributed by atoms with van der Waals surface area (Å²) in [5.41, 5.74) is 11.1. The highest BCUT2D eigenvalue weighted by Crippen LogP contribution is 2.45. The van der Waals surface area contributed by atoms with Gasteiger partial charge in [0.1, 0.15) is 0 Å². The van der Waals surface area contributed by atoms with Crippen LogP contribution in [0.3, 0.4) is 0 Å². The molecule has 1 aliphatic carbocycles. The SMILES string of the molecule is CC.Cc1cc(C2CCC(C(C)C)c3cc(C(N)=O)ccc32)ccc1Cl. The Bertz CT molecular complexity index is 782. The van der Waals surface area contributed by atoms with Crippen molar-refractivity contribution in [2.24, 2.45) is 11.7 Å². The van der Waals surface area contributed by atoms with Crippen LogP contribution >= 0.6 is 11.6 Å². The molecule has 0 fully saturated rings. The van der Waals surface area contributed by atoms with Gasteiger partial charge in [-0.25, -0.2) is 0 Å². The van der Waals surface area contributed by atoms with Gasteiger partial charge in [-0.15, -0.1) is 0 Å². The number of amides is 1. The molecule has 140 valence electrons. The highest BCUT2D eigenvalue weighted by atomic mass is 35.5. The molecule has 0 saturated heterocycles. The number of aryl methyl sites for hydroxylation is 1. The predicted molar refractivity (Wildman–Crippen MR) is 111 cm³/mol. The van der Waals surface area contributed by atoms with Crippen LogP contribution in [0.4, 0.5) is 0 Å². The molecule has 0 aliphatic heterocycles. The molecule has 3 rings (SSSR count). The van der Waals surface area contributed by atoms with Crippen molar-refractivity contribution in [3.05, 3.63) is 69.2 Å². The molecule has 2 atom stereocenters. The minimum atomic E-state index is -0.357. The fourth-order valence-corrected chi connectivity index (χ4v) is 4.06. The molecule has 2 aromatic carbocycles. The van der Waals surface area contributed by atoms with E-state index in [1.807, 2.05) is 39.0 Å². The number of halogens is 1. The quantitative estimate of drug-likeness (QED) is 0.662. The molecular formula is C23H30ClNO. The standard InChI is InChI=1S/C21H24ClNO.C2H6/c1-12(2)16-7-8-17(14-5-9-20(22)13(3)10-14)18-6-4-15(21(23)24)11-19(16)18;1-2/h4-6,9-12,16-17H,7-8H2,1-3H3,(H2,23,24);1-2H3. The molecule has 3 heteroatoms. The fourth-order valence-electron chi connectivity index (χ4n) is 3.95. The highest BCUT2D eigenvalue weighted by molar-refractivity contribution is 6.31. The van der Waals surface area contributed by atoms with E-state index in [0.717, 1.165) is 23.4 Å². The van der Waals surface area contributed by atoms with E-state index in [-0.39, 0.29) is 5.91 Å². The van der Waals surface area contributed by atoms with Gasteiger partial charge >= 0.3 is 0 Å². The molecule has 2 unspecified atom stereocenters. The molecular weight excluding hydrogens is 342 g/mol. The smallest absolute Gasteiger partial charge is 0.248 e. The maximum Gasteiger partial charge on any atom is 0.248 e. The van der Waals surface area contributed by atoms with Gasteiger partial charge in [0.2, 0.25) is 5.91 Å². The van der Waals surface area contributed by atoms with Crippen molar-refractivity contribution in [2.45, 2.75) is 59.3 Å². The summed E-state index contributed by atoms with van der Waals surface area (Å²) in [7, 11) is 0. The van der Waals surface area contributed by atoms with E-state index in [9.17, 15) is 4.79 Å². The van der Waals surface area contributed by atoms with Crippen LogP contribution in [0, 0.1) is 12.8 Å². The summed E-state index contributed by atoms with van der Waals surface area (Å²) in [6, 6.07) is 12.3. The van der Waals surface area contributed by atoms with Gasteiger partial charge < -0.3 is 5.73 Å². The average molecular weight is 372 g/mol. The van der Waals surface area contributed by atoms with Crippen LogP contribution in [0.15, 0.2) is 36.4 Å². The normalized spacial score (nSPS) is 18.7. The molecule has 0 radical (unpaired) electrons. The van der Waals surface area contributed by atoms with Crippen LogP contribution in [0.5, 0.6) is 0 Å². The van der Waals surface area contributed by atoms with E-state index in [1.54, 1.807) is 0 Å². The number of fused-ring (bicyclic) bond motifs is 1. The summed E-state index contributed by atoms with van der Waals surface area (Å²) in [4.78, 5) is 11.6. The molecule has 0 aromatic heterocycles. The number of hydrogen-bond acceptors (Lipinski definition) is 1. The lowest BCUT2D eigenvalue weighted by Gasteiger charge is -2.34. The molecule has 0 saturated carbocycles. The molecule has 0 bridgehead atoms. The second kappa shape index (κ2) is 8.73. The summed E-state index contributed by atoms with van der Waals surface area (Å²) >= 11 is 6.19. The molecule has 2 aromatic rings. The minimum Gasteiger partial charge on any atom is -0.366 e. The van der Waals surface area contributed by atoms with Crippen molar-refractivity contribution in [3.63, 3.8) is 0 Å². The molecule has 26 heavy (non-hydrogen) atoms. The van der Waals surface area contributed by atoms with Crippen molar-refractivity contribution in [3.8, 4) is 0 Å². The van der Waals surface area contributed by atoms with Crippen molar-refractivity contribution >= 4 is 17.5 Å². The number of carbonyl (C=O) groups is 1. The van der Waals surface area contributed by atoms with Gasteiger partial charge in [-0.3, -0.25) is 4.79 Å². The number of rotatable bonds is 3. The van der Waals surface area contributed by atoms with Crippen LogP contribution in [0.25, 0.3) is 0 Å². The first-order valence-electron chi connectivity index (χ1n) is 9.58. The molecule has 2 nitrogen and oxygen atoms in total. The largest absolute Gasteiger partial charge is 0.366 e. The van der Waals surface area contributed by atoms with Crippen LogP contribution in [-0.4, -0.2) is 5.91 Å². The third-order valence-corrected chi connectivity index (χ3v) is 5.73. The first kappa shape index (κ1) is 20.5. The van der Waals surface area contributed by atoms with Crippen molar-refractivity contribution in [1.29, 1.82) is 0 Å². The zero-order valence-corrected chi connectivity index (χ0v) is 17.2. The number of benzene rings is 2. The van der Waals surface area contributed by atoms with Crippen LogP contribution in [-0.2, 0) is 0 Å². The molecule has 2 N–H and O–H groups in total. The second-order valence-corrected chi connectivity index (χ2v) is 7.60. The second-order valence-electron chi connectivity index (χ2n) is 7.20. The first-order valence-corrected chi connectivity index (χ1v) is 9.96. The topological polar surface area (TPSA) is 43.1 Å². The van der Waals surface area contributed by atoms with Crippen molar-refractivity contribution < 1.29 is 4.79 Å². The Labute approximate surface area is 162 Å². The summed E-state index contributed by atoms with van der Waals surface area (Å²) in [5, 5.41) is 0.805. The van der Waals surface area contributed by atoms with E-state index < -0.39 is 0 Å². The molecule has 1 amide bonds. The molecule has 0 spiro atoms. The summed E-state index contributed by atoms with van der Waals surface area (Å²) in [6.45, 7) is 10.5. The third-order valence-electron chi connectivity index (χ3n) is 5.30. The Morgan fingerprint density at radius 1 is 1.08 bits per heavy atom. The Kier molecular flexibility index (Phi) is 6.88. The highest BCUT2D eigenvalue weighted by Gasteiger charge is 2.30. The summed E-state index contributed by atoms with van der Waals surface area (Å²) in [5.74, 6) is 1.02. The van der Waals surface area contributed by atoms with Crippen LogP contribution < -0.4 is 5.73 Å². The van der Waals surface area contributed by atoms with E-state index in [2.05, 4.69) is 32.0 Å². The zero-order valence-electron chi connectivity index (χ0n) is 16.5. The van der Waals surface area contributed by atoms with Crippen LogP contribution in [0.1, 0.15) is 85.0 Å². The number of primary amides is 1. The van der Waals surface area contributed by atoms with Gasteiger partial charge in [0, 0.05) is 16.5 Å². The number of hydrogen-bond donors (Lipinski definition) is 1. The fraction of sp³-hybridized carbons (Fsp3) is 0.435. The van der Waals surface area contributed by atoms with E-state index in [4.69, 9.17) is 17.3 Å². The van der Waals surface area contributed by atoms with Gasteiger partial charge in [0.15, 0.2) is 0 Å². The average Bonchev–Trinajstić information content (AvgIpc) is 2.64. The lowest BCUT2D eigenvalue weighted by atomic mass is 9.70. The van der Waals surface area contributed by atoms with Crippen LogP contribution in [0.2, 0.25) is 5.02 Å². The minimum absolute atomic E-state index is 0.355. The lowest BCUT2D eigenvalue weighted by Crippen LogP contribution is -2.21. The first-order chi connectivity index (χ1) is 12.4. The Morgan fingerprint density at radius 3 is 2.35 bits per heavy atom. The molecule has 0 heterocycles. The maximum absolute atomic E-state index is 11.6. The molecule has 1 aliphatic rings. The summed E-state index contributed by atoms with van der Waals surface area (Å²) in [6.07, 6.45) is 2.24. The number of carbonyl (C=O) groups excluding carboxylic acids is 1. The number of nitrogens with two attached hydrogens (primary N) is 1. The summed E-state index contributed by atoms with van der Waals surface area (Å²) < 4.78 is 0.